The molecule has 0 unspecified atom stereocenters. The summed E-state index contributed by atoms with van der Waals surface area (Å²) in [6.45, 7) is 0. The van der Waals surface area contributed by atoms with Gasteiger partial charge in [0.05, 0.1) is 36.1 Å². The molecule has 7 nitrogen and oxygen atoms in total. The maximum Gasteiger partial charge on any atom is 0.301 e. The van der Waals surface area contributed by atoms with Crippen LogP contribution in [-0.4, -0.2) is 36.0 Å². The number of methoxy groups -OCH3 is 2. The highest BCUT2D eigenvalue weighted by atomic mass is 32.1. The van der Waals surface area contributed by atoms with Crippen molar-refractivity contribution in [3.63, 3.8) is 0 Å². The number of Topliss-reactive ketones (excluding diaryl/α,β-unsaturated/α-hetero) is 1. The van der Waals surface area contributed by atoms with E-state index in [2.05, 4.69) is 4.98 Å². The van der Waals surface area contributed by atoms with Crippen LogP contribution in [0, 0.1) is 5.82 Å². The van der Waals surface area contributed by atoms with Crippen molar-refractivity contribution < 1.29 is 28.6 Å². The summed E-state index contributed by atoms with van der Waals surface area (Å²) in [6.07, 6.45) is 0. The molecule has 0 radical (unpaired) electrons. The molecule has 0 spiro atoms. The summed E-state index contributed by atoms with van der Waals surface area (Å²) in [6, 6.07) is 16.3. The summed E-state index contributed by atoms with van der Waals surface area (Å²) in [5.74, 6) is -1.33. The lowest BCUT2D eigenvalue weighted by Crippen LogP contribution is -2.29. The fraction of sp³-hybridized carbons (Fsp3) is 0.115. The van der Waals surface area contributed by atoms with Crippen molar-refractivity contribution in [1.82, 2.24) is 4.98 Å². The molecular weight excluding hydrogens is 471 g/mol. The number of ketones is 1. The van der Waals surface area contributed by atoms with E-state index in [-0.39, 0.29) is 11.1 Å². The smallest absolute Gasteiger partial charge is 0.301 e. The van der Waals surface area contributed by atoms with Crippen LogP contribution in [0.1, 0.15) is 17.2 Å². The molecule has 0 aliphatic carbocycles. The summed E-state index contributed by atoms with van der Waals surface area (Å²) in [5, 5.41) is 11.4. The number of carbonyl (C=O) groups excluding carboxylic acids is 2. The number of hydrogen-bond donors (Lipinski definition) is 1. The summed E-state index contributed by atoms with van der Waals surface area (Å²) < 4.78 is 24.7. The molecule has 1 saturated heterocycles. The number of hydrogen-bond acceptors (Lipinski definition) is 7. The van der Waals surface area contributed by atoms with Gasteiger partial charge in [0.1, 0.15) is 23.1 Å². The van der Waals surface area contributed by atoms with Gasteiger partial charge in [0.15, 0.2) is 5.13 Å². The molecule has 4 aromatic rings. The number of nitrogens with zero attached hydrogens (tertiary/aromatic N) is 2. The first-order valence-corrected chi connectivity index (χ1v) is 11.4. The van der Waals surface area contributed by atoms with Gasteiger partial charge in [-0.25, -0.2) is 9.37 Å². The Hall–Kier alpha value is -4.24. The molecule has 1 fully saturated rings. The third kappa shape index (κ3) is 3.89. The highest BCUT2D eigenvalue weighted by molar-refractivity contribution is 7.22. The Morgan fingerprint density at radius 3 is 2.29 bits per heavy atom. The van der Waals surface area contributed by atoms with Gasteiger partial charge in [-0.15, -0.1) is 0 Å². The fourth-order valence-corrected chi connectivity index (χ4v) is 5.04. The van der Waals surface area contributed by atoms with Gasteiger partial charge in [0.25, 0.3) is 5.78 Å². The first-order chi connectivity index (χ1) is 16.9. The van der Waals surface area contributed by atoms with Crippen LogP contribution in [0.2, 0.25) is 0 Å². The second-order valence-electron chi connectivity index (χ2n) is 7.78. The van der Waals surface area contributed by atoms with Crippen molar-refractivity contribution >= 4 is 44.1 Å². The Kier molecular flexibility index (Phi) is 5.70. The van der Waals surface area contributed by atoms with Gasteiger partial charge >= 0.3 is 5.91 Å². The minimum Gasteiger partial charge on any atom is -0.507 e. The second kappa shape index (κ2) is 8.84. The minimum absolute atomic E-state index is 0.108. The molecule has 1 aliphatic heterocycles. The summed E-state index contributed by atoms with van der Waals surface area (Å²) in [5.41, 5.74) is 1.32. The van der Waals surface area contributed by atoms with E-state index in [1.807, 2.05) is 0 Å². The molecule has 0 bridgehead atoms. The number of halogens is 1. The number of fused-ring (bicyclic) bond motifs is 1. The highest BCUT2D eigenvalue weighted by Gasteiger charge is 2.48. The molecular formula is C26H19FN2O5S. The molecule has 0 saturated carbocycles. The van der Waals surface area contributed by atoms with Gasteiger partial charge in [0.2, 0.25) is 0 Å². The lowest BCUT2D eigenvalue weighted by atomic mass is 9.95. The third-order valence-corrected chi connectivity index (χ3v) is 6.80. The van der Waals surface area contributed by atoms with Crippen molar-refractivity contribution in [3.8, 4) is 11.5 Å². The van der Waals surface area contributed by atoms with Gasteiger partial charge in [-0.2, -0.15) is 0 Å². The van der Waals surface area contributed by atoms with Gasteiger partial charge in [-0.3, -0.25) is 14.5 Å². The Bertz CT molecular complexity index is 1480. The predicted molar refractivity (Wildman–Crippen MR) is 130 cm³/mol. The van der Waals surface area contributed by atoms with Crippen LogP contribution in [0.3, 0.4) is 0 Å². The van der Waals surface area contributed by atoms with Gasteiger partial charge < -0.3 is 14.6 Å². The third-order valence-electron chi connectivity index (χ3n) is 5.78. The van der Waals surface area contributed by atoms with Crippen molar-refractivity contribution in [2.45, 2.75) is 6.04 Å². The monoisotopic (exact) mass is 490 g/mol. The molecule has 1 N–H and O–H groups in total. The first kappa shape index (κ1) is 22.5. The quantitative estimate of drug-likeness (QED) is 0.239. The van der Waals surface area contributed by atoms with E-state index in [1.54, 1.807) is 49.6 Å². The molecule has 5 rings (SSSR count). The number of benzene rings is 3. The fourth-order valence-electron chi connectivity index (χ4n) is 4.02. The number of aromatic nitrogens is 1. The number of aliphatic hydroxyl groups is 1. The standard InChI is InChI=1S/C26H19FN2O5S/c1-33-17-9-5-14(6-10-17)22-21(23(30)15-3-7-16(27)8-4-15)24(31)25(32)29(22)26-28-19-12-11-18(34-2)13-20(19)35-26/h3-13,22,30H,1-2H3/t22-/m1/s1. The number of aliphatic hydroxyl groups excluding tert-OH is 1. The molecule has 1 aliphatic rings. The lowest BCUT2D eigenvalue weighted by Gasteiger charge is -2.23. The number of rotatable bonds is 5. The lowest BCUT2D eigenvalue weighted by molar-refractivity contribution is -0.132. The maximum absolute atomic E-state index is 13.5. The number of anilines is 1. The average molecular weight is 491 g/mol. The van der Waals surface area contributed by atoms with Crippen LogP contribution in [0.25, 0.3) is 16.0 Å². The number of thiazole rings is 1. The SMILES string of the molecule is COc1ccc([C@@H]2C(=C(O)c3ccc(F)cc3)C(=O)C(=O)N2c2nc3ccc(OC)cc3s2)cc1. The zero-order valence-corrected chi connectivity index (χ0v) is 19.5. The maximum atomic E-state index is 13.5. The van der Waals surface area contributed by atoms with Crippen molar-refractivity contribution in [2.24, 2.45) is 0 Å². The van der Waals surface area contributed by atoms with E-state index in [4.69, 9.17) is 9.47 Å². The Morgan fingerprint density at radius 1 is 0.971 bits per heavy atom. The molecule has 3 aromatic carbocycles. The topological polar surface area (TPSA) is 89.0 Å². The van der Waals surface area contributed by atoms with Gasteiger partial charge in [0, 0.05) is 5.56 Å². The number of amides is 1. The molecule has 176 valence electrons. The zero-order chi connectivity index (χ0) is 24.7. The predicted octanol–water partition coefficient (Wildman–Crippen LogP) is 5.08. The number of ether oxygens (including phenoxy) is 2. The van der Waals surface area contributed by atoms with Crippen LogP contribution in [0.15, 0.2) is 72.3 Å². The number of carbonyl (C=O) groups is 2. The van der Waals surface area contributed by atoms with Crippen LogP contribution >= 0.6 is 11.3 Å². The van der Waals surface area contributed by atoms with Crippen molar-refractivity contribution in [2.75, 3.05) is 19.1 Å². The van der Waals surface area contributed by atoms with E-state index >= 15 is 0 Å². The van der Waals surface area contributed by atoms with Crippen molar-refractivity contribution in [3.05, 3.63) is 89.2 Å². The van der Waals surface area contributed by atoms with Gasteiger partial charge in [-0.1, -0.05) is 23.5 Å². The highest BCUT2D eigenvalue weighted by Crippen LogP contribution is 2.44. The Balaban J connectivity index is 1.70. The Morgan fingerprint density at radius 2 is 1.63 bits per heavy atom. The van der Waals surface area contributed by atoms with Gasteiger partial charge in [-0.05, 0) is 60.2 Å². The molecule has 2 heterocycles. The minimum atomic E-state index is -0.951. The summed E-state index contributed by atoms with van der Waals surface area (Å²) >= 11 is 1.23. The molecule has 1 amide bonds. The van der Waals surface area contributed by atoms with Crippen molar-refractivity contribution in [1.29, 1.82) is 0 Å². The molecule has 1 atom stereocenters. The normalized spacial score (nSPS) is 17.2. The van der Waals surface area contributed by atoms with E-state index in [0.29, 0.717) is 27.7 Å². The average Bonchev–Trinajstić information content (AvgIpc) is 3.41. The van der Waals surface area contributed by atoms with E-state index in [9.17, 15) is 19.1 Å². The van der Waals surface area contributed by atoms with Crippen LogP contribution in [-0.2, 0) is 9.59 Å². The second-order valence-corrected chi connectivity index (χ2v) is 8.79. The van der Waals surface area contributed by atoms with Crippen LogP contribution in [0.4, 0.5) is 9.52 Å². The first-order valence-electron chi connectivity index (χ1n) is 10.6. The Labute approximate surface area is 203 Å². The molecule has 9 heteroatoms. The molecule has 35 heavy (non-hydrogen) atoms. The largest absolute Gasteiger partial charge is 0.507 e. The van der Waals surface area contributed by atoms with E-state index < -0.39 is 29.3 Å². The summed E-state index contributed by atoms with van der Waals surface area (Å²) in [4.78, 5) is 32.4. The van der Waals surface area contributed by atoms with Crippen LogP contribution in [0.5, 0.6) is 11.5 Å². The van der Waals surface area contributed by atoms with E-state index in [1.165, 1.54) is 47.6 Å². The summed E-state index contributed by atoms with van der Waals surface area (Å²) in [7, 11) is 3.09. The zero-order valence-electron chi connectivity index (χ0n) is 18.7. The van der Waals surface area contributed by atoms with Crippen LogP contribution < -0.4 is 14.4 Å². The molecule has 1 aromatic heterocycles. The van der Waals surface area contributed by atoms with E-state index in [0.717, 1.165) is 4.70 Å².